The van der Waals surface area contributed by atoms with Crippen molar-refractivity contribution in [1.29, 1.82) is 0 Å². The molecule has 0 radical (unpaired) electrons. The molecule has 3 heterocycles. The highest BCUT2D eigenvalue weighted by Crippen LogP contribution is 2.31. The number of alkyl halides is 1. The van der Waals surface area contributed by atoms with Crippen LogP contribution in [0.4, 0.5) is 10.8 Å². The van der Waals surface area contributed by atoms with Crippen LogP contribution in [0.25, 0.3) is 0 Å². The first-order chi connectivity index (χ1) is 21.7. The number of hydrogen-bond acceptors (Lipinski definition) is 15. The second-order valence-corrected chi connectivity index (χ2v) is 11.6. The summed E-state index contributed by atoms with van der Waals surface area (Å²) in [6.07, 6.45) is -2.54. The number of thiazole rings is 1. The average Bonchev–Trinajstić information content (AvgIpc) is 3.59. The number of nitro groups is 1. The molecule has 46 heavy (non-hydrogen) atoms. The second kappa shape index (κ2) is 13.9. The Morgan fingerprint density at radius 3 is 2.41 bits per heavy atom. The zero-order valence-electron chi connectivity index (χ0n) is 22.9. The number of nitrogens with zero attached hydrogens (tertiary/aromatic N) is 5. The van der Waals surface area contributed by atoms with Gasteiger partial charge < -0.3 is 20.2 Å². The summed E-state index contributed by atoms with van der Waals surface area (Å²) in [4.78, 5) is 94.0. The van der Waals surface area contributed by atoms with Crippen LogP contribution >= 0.6 is 22.9 Å². The van der Waals surface area contributed by atoms with Crippen molar-refractivity contribution in [3.63, 3.8) is 0 Å². The molecule has 23 heteroatoms. The number of anilines is 1. The number of rotatable bonds is 13. The van der Waals surface area contributed by atoms with Gasteiger partial charge in [-0.2, -0.15) is 12.7 Å². The number of carbonyl (C=O) groups excluding carboxylic acids is 6. The van der Waals surface area contributed by atoms with Crippen LogP contribution in [0.2, 0.25) is 0 Å². The molecule has 0 saturated carbocycles. The molecule has 3 N–H and O–H groups in total. The van der Waals surface area contributed by atoms with Crippen LogP contribution in [0.1, 0.15) is 24.1 Å². The van der Waals surface area contributed by atoms with Crippen molar-refractivity contribution in [2.24, 2.45) is 5.16 Å². The van der Waals surface area contributed by atoms with Crippen LogP contribution in [0.3, 0.4) is 0 Å². The number of likely N-dealkylation sites (tertiary alicyclic amines) is 1. The summed E-state index contributed by atoms with van der Waals surface area (Å²) in [6.45, 7) is -1.17. The summed E-state index contributed by atoms with van der Waals surface area (Å²) in [5, 5.41) is 20.0. The molecule has 1 aromatic heterocycles. The van der Waals surface area contributed by atoms with Crippen LogP contribution in [0, 0.1) is 10.1 Å². The first kappa shape index (κ1) is 33.8. The van der Waals surface area contributed by atoms with Crippen molar-refractivity contribution in [3.8, 4) is 0 Å². The van der Waals surface area contributed by atoms with Gasteiger partial charge in [-0.15, -0.1) is 22.9 Å². The van der Waals surface area contributed by atoms with E-state index in [2.05, 4.69) is 20.8 Å². The van der Waals surface area contributed by atoms with Gasteiger partial charge in [-0.3, -0.25) is 43.5 Å². The van der Waals surface area contributed by atoms with E-state index in [1.54, 1.807) is 0 Å². The Bertz CT molecular complexity index is 1730. The number of benzene rings is 1. The van der Waals surface area contributed by atoms with Crippen molar-refractivity contribution in [1.82, 2.24) is 19.5 Å². The Balaban J connectivity index is 1.51. The first-order valence-electron chi connectivity index (χ1n) is 12.6. The summed E-state index contributed by atoms with van der Waals surface area (Å²) >= 11 is 6.28. The fraction of sp³-hybridized carbons (Fsp3) is 0.304. The molecule has 0 bridgehead atoms. The molecule has 4 rings (SSSR count). The minimum atomic E-state index is -5.27. The largest absolute Gasteiger partial charge is 0.458 e. The fourth-order valence-electron chi connectivity index (χ4n) is 4.05. The molecule has 2 atom stereocenters. The van der Waals surface area contributed by atoms with Gasteiger partial charge >= 0.3 is 16.3 Å². The summed E-state index contributed by atoms with van der Waals surface area (Å²) in [5.74, 6) is -6.44. The Morgan fingerprint density at radius 1 is 1.17 bits per heavy atom. The molecular formula is C23H20ClN7O13S2. The number of hydrogen-bond donors (Lipinski definition) is 3. The molecule has 1 aromatic carbocycles. The highest BCUT2D eigenvalue weighted by Gasteiger charge is 2.60. The number of esters is 1. The predicted octanol–water partition coefficient (Wildman–Crippen LogP) is -0.702. The van der Waals surface area contributed by atoms with Crippen molar-refractivity contribution >= 4 is 85.3 Å². The standard InChI is InChI=1S/C23H20ClN7O13S2/c24-7-14(32)26-23-25-13(10-45-23)18(28-44-9-17(35)43-8-11-1-3-12(4-2-11)31(38)39)20(36)27-19-21(29-15(33)5-6-16(29)34)30(22(19)37)46(40,41)42/h1-4,10,19,21H,5-9H2,(H,27,36)(H,25,26,32)(H,40,41,42)/b28-18-/t19-,21-/m0/s1. The normalized spacial score (nSPS) is 18.2. The molecule has 0 spiro atoms. The smallest absolute Gasteiger partial charge is 0.364 e. The Morgan fingerprint density at radius 2 is 1.83 bits per heavy atom. The van der Waals surface area contributed by atoms with Gasteiger partial charge in [0.2, 0.25) is 24.3 Å². The second-order valence-electron chi connectivity index (χ2n) is 9.15. The SMILES string of the molecule is O=C(CCl)Nc1nc(/C(=N/OCC(=O)OCc2ccc([N+](=O)[O-])cc2)C(=O)N[C@@H]2C(=O)N(S(=O)(=O)O)[C@@H]2N2C(=O)CCC2=O)cs1. The van der Waals surface area contributed by atoms with Crippen LogP contribution in [0.15, 0.2) is 34.8 Å². The molecule has 5 amide bonds. The lowest BCUT2D eigenvalue weighted by molar-refractivity contribution is -0.384. The van der Waals surface area contributed by atoms with Crippen molar-refractivity contribution in [2.45, 2.75) is 31.7 Å². The molecule has 2 saturated heterocycles. The minimum Gasteiger partial charge on any atom is -0.458 e. The van der Waals surface area contributed by atoms with Gasteiger partial charge in [-0.1, -0.05) is 5.16 Å². The van der Waals surface area contributed by atoms with Gasteiger partial charge in [0, 0.05) is 30.4 Å². The van der Waals surface area contributed by atoms with Gasteiger partial charge in [-0.25, -0.2) is 9.78 Å². The number of nitro benzene ring substituents is 1. The number of ether oxygens (including phenoxy) is 1. The number of imide groups is 1. The zero-order valence-corrected chi connectivity index (χ0v) is 25.2. The van der Waals surface area contributed by atoms with Gasteiger partial charge in [0.05, 0.1) is 4.92 Å². The minimum absolute atomic E-state index is 0.0490. The summed E-state index contributed by atoms with van der Waals surface area (Å²) in [6, 6.07) is 3.27. The van der Waals surface area contributed by atoms with Gasteiger partial charge in [0.15, 0.2) is 23.1 Å². The summed E-state index contributed by atoms with van der Waals surface area (Å²) in [7, 11) is -5.27. The molecule has 0 aliphatic carbocycles. The number of β-lactam (4-membered cyclic amide) rings is 1. The lowest BCUT2D eigenvalue weighted by Crippen LogP contribution is -2.77. The lowest BCUT2D eigenvalue weighted by atomic mass is 10.0. The molecule has 2 fully saturated rings. The molecule has 0 unspecified atom stereocenters. The van der Waals surface area contributed by atoms with Crippen LogP contribution in [-0.2, 0) is 55.3 Å². The number of non-ortho nitro benzene ring substituents is 1. The van der Waals surface area contributed by atoms with E-state index in [0.29, 0.717) is 10.5 Å². The summed E-state index contributed by atoms with van der Waals surface area (Å²) < 4.78 is 38.0. The van der Waals surface area contributed by atoms with Crippen LogP contribution < -0.4 is 10.6 Å². The molecular weight excluding hydrogens is 682 g/mol. The van der Waals surface area contributed by atoms with E-state index in [1.165, 1.54) is 29.6 Å². The third kappa shape index (κ3) is 7.59. The van der Waals surface area contributed by atoms with E-state index in [-0.39, 0.29) is 40.3 Å². The number of halogens is 1. The molecule has 244 valence electrons. The first-order valence-corrected chi connectivity index (χ1v) is 15.4. The Kier molecular flexibility index (Phi) is 10.2. The average molecular weight is 702 g/mol. The summed E-state index contributed by atoms with van der Waals surface area (Å²) in [5.41, 5.74) is -0.744. The van der Waals surface area contributed by atoms with E-state index in [1.807, 2.05) is 0 Å². The maximum absolute atomic E-state index is 13.3. The highest BCUT2D eigenvalue weighted by molar-refractivity contribution is 7.84. The lowest BCUT2D eigenvalue weighted by Gasteiger charge is -2.47. The third-order valence-electron chi connectivity index (χ3n) is 6.13. The molecule has 20 nitrogen and oxygen atoms in total. The zero-order chi connectivity index (χ0) is 33.8. The maximum Gasteiger partial charge on any atom is 0.364 e. The van der Waals surface area contributed by atoms with Gasteiger partial charge in [0.1, 0.15) is 18.2 Å². The highest BCUT2D eigenvalue weighted by atomic mass is 35.5. The fourth-order valence-corrected chi connectivity index (χ4v) is 5.66. The number of carbonyl (C=O) groups is 6. The van der Waals surface area contributed by atoms with E-state index in [0.717, 1.165) is 11.3 Å². The number of amides is 5. The molecule has 2 aromatic rings. The maximum atomic E-state index is 13.3. The van der Waals surface area contributed by atoms with Crippen molar-refractivity contribution in [2.75, 3.05) is 17.8 Å². The number of aromatic nitrogens is 1. The van der Waals surface area contributed by atoms with Crippen LogP contribution in [-0.4, -0.2) is 98.0 Å². The molecule has 2 aliphatic rings. The van der Waals surface area contributed by atoms with E-state index in [9.17, 15) is 51.9 Å². The predicted molar refractivity (Wildman–Crippen MR) is 152 cm³/mol. The quantitative estimate of drug-likeness (QED) is 0.0340. The number of nitrogens with one attached hydrogen (secondary N) is 2. The third-order valence-corrected chi connectivity index (χ3v) is 8.02. The Hall–Kier alpha value is -5.06. The Labute approximate surface area is 266 Å². The topological polar surface area (TPSA) is 274 Å². The van der Waals surface area contributed by atoms with Crippen molar-refractivity contribution in [3.05, 3.63) is 51.0 Å². The van der Waals surface area contributed by atoms with Crippen molar-refractivity contribution < 1.29 is 56.2 Å². The van der Waals surface area contributed by atoms with Crippen LogP contribution in [0.5, 0.6) is 0 Å². The number of oxime groups is 1. The van der Waals surface area contributed by atoms with Gasteiger partial charge in [-0.05, 0) is 17.7 Å². The molecule has 2 aliphatic heterocycles. The monoisotopic (exact) mass is 701 g/mol. The van der Waals surface area contributed by atoms with Gasteiger partial charge in [0.25, 0.3) is 17.5 Å². The van der Waals surface area contributed by atoms with E-state index in [4.69, 9.17) is 21.2 Å². The van der Waals surface area contributed by atoms with E-state index >= 15 is 0 Å². The van der Waals surface area contributed by atoms with E-state index < -0.39 is 81.1 Å².